The van der Waals surface area contributed by atoms with Crippen molar-refractivity contribution < 1.29 is 24.4 Å². The molecule has 8 nitrogen and oxygen atoms in total. The van der Waals surface area contributed by atoms with Crippen LogP contribution in [0.1, 0.15) is 24.0 Å². The van der Waals surface area contributed by atoms with Crippen molar-refractivity contribution in [1.82, 2.24) is 10.2 Å². The first-order valence-corrected chi connectivity index (χ1v) is 10.2. The third-order valence-corrected chi connectivity index (χ3v) is 4.32. The van der Waals surface area contributed by atoms with E-state index in [2.05, 4.69) is 5.32 Å². The molecule has 1 unspecified atom stereocenters. The summed E-state index contributed by atoms with van der Waals surface area (Å²) >= 11 is 0. The second-order valence-electron chi connectivity index (χ2n) is 7.32. The Morgan fingerprint density at radius 3 is 2.38 bits per heavy atom. The van der Waals surface area contributed by atoms with Crippen molar-refractivity contribution in [2.24, 2.45) is 0 Å². The second-order valence-corrected chi connectivity index (χ2v) is 7.32. The molecular weight excluding hydrogens is 409 g/mol. The number of benzene rings is 2. The molecule has 2 aromatic rings. The van der Waals surface area contributed by atoms with Gasteiger partial charge < -0.3 is 25.0 Å². The molecule has 3 N–H and O–H groups in total. The largest absolute Gasteiger partial charge is 0.493 e. The number of nitriles is 1. The van der Waals surface area contributed by atoms with Crippen LogP contribution in [0.15, 0.2) is 54.6 Å². The van der Waals surface area contributed by atoms with Crippen LogP contribution in [0, 0.1) is 18.3 Å². The summed E-state index contributed by atoms with van der Waals surface area (Å²) in [5, 5.41) is 29.6. The fourth-order valence-electron chi connectivity index (χ4n) is 2.57. The highest BCUT2D eigenvalue weighted by Crippen LogP contribution is 2.12. The van der Waals surface area contributed by atoms with Gasteiger partial charge >= 0.3 is 7.12 Å². The minimum Gasteiger partial charge on any atom is -0.493 e. The molecule has 2 rings (SSSR count). The van der Waals surface area contributed by atoms with E-state index in [-0.39, 0.29) is 31.3 Å². The Morgan fingerprint density at radius 1 is 1.16 bits per heavy atom. The van der Waals surface area contributed by atoms with Crippen LogP contribution < -0.4 is 10.1 Å². The van der Waals surface area contributed by atoms with Gasteiger partial charge in [-0.1, -0.05) is 42.5 Å². The van der Waals surface area contributed by atoms with Gasteiger partial charge in [-0.15, -0.1) is 0 Å². The Balaban J connectivity index is 0.000000547. The van der Waals surface area contributed by atoms with E-state index in [1.807, 2.05) is 61.5 Å². The highest BCUT2D eigenvalue weighted by Gasteiger charge is 2.25. The first-order chi connectivity index (χ1) is 15.2. The van der Waals surface area contributed by atoms with Crippen molar-refractivity contribution in [2.45, 2.75) is 32.1 Å². The lowest BCUT2D eigenvalue weighted by Gasteiger charge is -2.18. The molecule has 0 fully saturated rings. The van der Waals surface area contributed by atoms with Crippen LogP contribution in [0.5, 0.6) is 5.75 Å². The Morgan fingerprint density at radius 2 is 1.84 bits per heavy atom. The maximum Gasteiger partial charge on any atom is 0.475 e. The van der Waals surface area contributed by atoms with E-state index < -0.39 is 13.1 Å². The summed E-state index contributed by atoms with van der Waals surface area (Å²) in [5.41, 5.74) is 2.01. The molecule has 0 bridgehead atoms. The molecule has 0 saturated carbocycles. The molecule has 9 heteroatoms. The fraction of sp³-hybridized carbons (Fsp3) is 0.348. The van der Waals surface area contributed by atoms with Crippen molar-refractivity contribution in [3.8, 4) is 11.8 Å². The number of ether oxygens (including phenoxy) is 1. The van der Waals surface area contributed by atoms with E-state index in [0.717, 1.165) is 11.1 Å². The highest BCUT2D eigenvalue weighted by atomic mass is 16.5. The summed E-state index contributed by atoms with van der Waals surface area (Å²) in [6.07, 6.45) is 0.474. The molecule has 0 aliphatic carbocycles. The van der Waals surface area contributed by atoms with Gasteiger partial charge in [-0.2, -0.15) is 5.26 Å². The van der Waals surface area contributed by atoms with Crippen LogP contribution >= 0.6 is 0 Å². The number of hydrogen-bond donors (Lipinski definition) is 3. The molecule has 32 heavy (non-hydrogen) atoms. The van der Waals surface area contributed by atoms with Crippen molar-refractivity contribution in [3.05, 3.63) is 65.7 Å². The zero-order chi connectivity index (χ0) is 23.9. The number of hydrogen-bond acceptors (Lipinski definition) is 6. The lowest BCUT2D eigenvalue weighted by atomic mass is 9.76. The van der Waals surface area contributed by atoms with Crippen LogP contribution in [0.4, 0.5) is 0 Å². The molecule has 0 spiro atoms. The van der Waals surface area contributed by atoms with Gasteiger partial charge in [-0.25, -0.2) is 0 Å². The van der Waals surface area contributed by atoms with Gasteiger partial charge in [0.05, 0.1) is 25.0 Å². The van der Waals surface area contributed by atoms with Crippen LogP contribution in [0.2, 0.25) is 0 Å². The molecule has 1 atom stereocenters. The molecule has 0 radical (unpaired) electrons. The van der Waals surface area contributed by atoms with Gasteiger partial charge in [0.25, 0.3) is 0 Å². The van der Waals surface area contributed by atoms with E-state index >= 15 is 0 Å². The monoisotopic (exact) mass is 439 g/mol. The van der Waals surface area contributed by atoms with Gasteiger partial charge in [0.2, 0.25) is 11.8 Å². The summed E-state index contributed by atoms with van der Waals surface area (Å²) in [6.45, 7) is 2.20. The molecule has 0 saturated heterocycles. The average molecular weight is 439 g/mol. The second kappa shape index (κ2) is 14.6. The predicted molar refractivity (Wildman–Crippen MR) is 122 cm³/mol. The lowest BCUT2D eigenvalue weighted by molar-refractivity contribution is -0.127. The van der Waals surface area contributed by atoms with Crippen LogP contribution in [0.3, 0.4) is 0 Å². The van der Waals surface area contributed by atoms with Gasteiger partial charge in [0, 0.05) is 14.1 Å². The highest BCUT2D eigenvalue weighted by molar-refractivity contribution is 6.43. The minimum atomic E-state index is -1.62. The lowest BCUT2D eigenvalue weighted by Crippen LogP contribution is -2.48. The molecule has 0 aromatic heterocycles. The number of carbonyl (C=O) groups is 2. The quantitative estimate of drug-likeness (QED) is 0.509. The van der Waals surface area contributed by atoms with Gasteiger partial charge in [-0.3, -0.25) is 9.59 Å². The van der Waals surface area contributed by atoms with Gasteiger partial charge in [0.1, 0.15) is 12.2 Å². The van der Waals surface area contributed by atoms with E-state index in [1.54, 1.807) is 20.2 Å². The van der Waals surface area contributed by atoms with E-state index in [4.69, 9.17) is 10.00 Å². The number of nitrogens with zero attached hydrogens (tertiary/aromatic N) is 2. The minimum absolute atomic E-state index is 0.0208. The standard InChI is InChI=1S/C18H22BNO4.C5H8N2O/c1-14-6-5-9-16(12-14)24-11-10-18(21)20-17(19(22)23)13-15-7-3-2-4-8-15;1-7(2)5(8)3-4-6/h2-9,12,17,22-23H,10-11,13H2,1H3,(H,20,21);3H2,1-2H3. The Kier molecular flexibility index (Phi) is 12.2. The molecule has 0 aliphatic heterocycles. The molecule has 0 heterocycles. The van der Waals surface area contributed by atoms with Crippen LogP contribution in [-0.4, -0.2) is 60.5 Å². The van der Waals surface area contributed by atoms with Crippen molar-refractivity contribution in [1.29, 1.82) is 5.26 Å². The summed E-state index contributed by atoms with van der Waals surface area (Å²) < 4.78 is 5.53. The summed E-state index contributed by atoms with van der Waals surface area (Å²) in [5.74, 6) is -0.464. The van der Waals surface area contributed by atoms with Gasteiger partial charge in [-0.05, 0) is 36.6 Å². The fourth-order valence-corrected chi connectivity index (χ4v) is 2.57. The SMILES string of the molecule is CN(C)C(=O)CC#N.Cc1cccc(OCCC(=O)NC(Cc2ccccc2)B(O)O)c1. The topological polar surface area (TPSA) is 123 Å². The summed E-state index contributed by atoms with van der Waals surface area (Å²) in [7, 11) is 1.63. The zero-order valence-electron chi connectivity index (χ0n) is 18.7. The molecule has 2 aromatic carbocycles. The third-order valence-electron chi connectivity index (χ3n) is 4.32. The first-order valence-electron chi connectivity index (χ1n) is 10.2. The van der Waals surface area contributed by atoms with E-state index in [1.165, 1.54) is 4.90 Å². The van der Waals surface area contributed by atoms with Crippen molar-refractivity contribution >= 4 is 18.9 Å². The molecular formula is C23H30BN3O5. The normalized spacial score (nSPS) is 10.6. The number of rotatable bonds is 9. The Labute approximate surface area is 189 Å². The van der Waals surface area contributed by atoms with Crippen molar-refractivity contribution in [2.75, 3.05) is 20.7 Å². The number of aryl methyl sites for hydroxylation is 1. The summed E-state index contributed by atoms with van der Waals surface area (Å²) in [6, 6.07) is 18.7. The predicted octanol–water partition coefficient (Wildman–Crippen LogP) is 1.49. The van der Waals surface area contributed by atoms with E-state index in [0.29, 0.717) is 12.2 Å². The molecule has 0 aliphatic rings. The average Bonchev–Trinajstić information content (AvgIpc) is 2.74. The summed E-state index contributed by atoms with van der Waals surface area (Å²) in [4.78, 5) is 23.8. The number of amides is 2. The number of nitrogens with one attached hydrogen (secondary N) is 1. The Bertz CT molecular complexity index is 885. The van der Waals surface area contributed by atoms with E-state index in [9.17, 15) is 19.6 Å². The van der Waals surface area contributed by atoms with Gasteiger partial charge in [0.15, 0.2) is 0 Å². The maximum atomic E-state index is 12.0. The van der Waals surface area contributed by atoms with Crippen molar-refractivity contribution in [3.63, 3.8) is 0 Å². The molecule has 170 valence electrons. The molecule has 2 amide bonds. The third kappa shape index (κ3) is 11.2. The zero-order valence-corrected chi connectivity index (χ0v) is 18.7. The van der Waals surface area contributed by atoms with Crippen LogP contribution in [0.25, 0.3) is 0 Å². The van der Waals surface area contributed by atoms with Crippen LogP contribution in [-0.2, 0) is 16.0 Å². The Hall–Kier alpha value is -3.35. The number of carbonyl (C=O) groups excluding carboxylic acids is 2. The maximum absolute atomic E-state index is 12.0. The smallest absolute Gasteiger partial charge is 0.475 e. The first kappa shape index (κ1) is 26.7.